The molecule has 1 heterocycles. The summed E-state index contributed by atoms with van der Waals surface area (Å²) >= 11 is 0. The predicted octanol–water partition coefficient (Wildman–Crippen LogP) is 4.01. The van der Waals surface area contributed by atoms with Crippen LogP contribution in [-0.2, 0) is 0 Å². The van der Waals surface area contributed by atoms with E-state index >= 15 is 0 Å². The van der Waals surface area contributed by atoms with Crippen LogP contribution < -0.4 is 9.64 Å². The number of nitrogens with zero attached hydrogens (tertiary/aromatic N) is 1. The molecule has 1 aliphatic rings. The normalized spacial score (nSPS) is 13.4. The molecule has 1 aromatic rings. The maximum Gasteiger partial charge on any atom is 0.136 e. The lowest BCUT2D eigenvalue weighted by Gasteiger charge is -2.24. The van der Waals surface area contributed by atoms with E-state index < -0.39 is 0 Å². The van der Waals surface area contributed by atoms with Gasteiger partial charge in [0, 0.05) is 36.0 Å². The van der Waals surface area contributed by atoms with E-state index in [-0.39, 0.29) is 0 Å². The Morgan fingerprint density at radius 1 is 1.28 bits per heavy atom. The standard InChI is InChI=1S/C16H19NO/c1-5-13-10-14-8-9-15(17(6-2)7-3)11-16(14)18-12(13)4/h5,8-11H,1,4,6-7H2,2-3H3. The van der Waals surface area contributed by atoms with Crippen molar-refractivity contribution in [3.63, 3.8) is 0 Å². The zero-order chi connectivity index (χ0) is 13.1. The molecule has 0 spiro atoms. The van der Waals surface area contributed by atoms with Gasteiger partial charge in [-0.25, -0.2) is 0 Å². The van der Waals surface area contributed by atoms with Gasteiger partial charge >= 0.3 is 0 Å². The minimum absolute atomic E-state index is 0.661. The number of benzene rings is 1. The number of anilines is 1. The van der Waals surface area contributed by atoms with Crippen molar-refractivity contribution in [2.24, 2.45) is 0 Å². The molecule has 1 aliphatic heterocycles. The fraction of sp³-hybridized carbons (Fsp3) is 0.250. The third-order valence-electron chi connectivity index (χ3n) is 3.21. The van der Waals surface area contributed by atoms with Gasteiger partial charge in [0.1, 0.15) is 11.5 Å². The molecule has 0 amide bonds. The number of ether oxygens (including phenoxy) is 1. The Balaban J connectivity index is 2.40. The van der Waals surface area contributed by atoms with Crippen molar-refractivity contribution in [2.45, 2.75) is 13.8 Å². The smallest absolute Gasteiger partial charge is 0.136 e. The molecule has 18 heavy (non-hydrogen) atoms. The number of rotatable bonds is 4. The molecule has 0 N–H and O–H groups in total. The van der Waals surface area contributed by atoms with Crippen LogP contribution in [-0.4, -0.2) is 13.1 Å². The summed E-state index contributed by atoms with van der Waals surface area (Å²) in [5.74, 6) is 1.53. The van der Waals surface area contributed by atoms with Gasteiger partial charge in [-0.3, -0.25) is 0 Å². The first kappa shape index (κ1) is 12.5. The summed E-state index contributed by atoms with van der Waals surface area (Å²) in [7, 11) is 0. The number of fused-ring (bicyclic) bond motifs is 1. The first-order chi connectivity index (χ1) is 8.69. The van der Waals surface area contributed by atoms with Gasteiger partial charge in [-0.05, 0) is 32.1 Å². The maximum atomic E-state index is 5.75. The lowest BCUT2D eigenvalue weighted by Crippen LogP contribution is -2.21. The van der Waals surface area contributed by atoms with Gasteiger partial charge in [-0.2, -0.15) is 0 Å². The molecule has 0 saturated carbocycles. The summed E-state index contributed by atoms with van der Waals surface area (Å²) in [4.78, 5) is 2.29. The fourth-order valence-electron chi connectivity index (χ4n) is 2.13. The summed E-state index contributed by atoms with van der Waals surface area (Å²) in [6.45, 7) is 14.0. The van der Waals surface area contributed by atoms with Crippen LogP contribution in [0.15, 0.2) is 48.8 Å². The minimum Gasteiger partial charge on any atom is -0.457 e. The Morgan fingerprint density at radius 3 is 2.61 bits per heavy atom. The molecular weight excluding hydrogens is 222 g/mol. The first-order valence-corrected chi connectivity index (χ1v) is 6.29. The zero-order valence-corrected chi connectivity index (χ0v) is 11.1. The number of allylic oxidation sites excluding steroid dienone is 1. The highest BCUT2D eigenvalue weighted by Gasteiger charge is 2.15. The molecular formula is C16H19NO. The van der Waals surface area contributed by atoms with Crippen LogP contribution in [0.1, 0.15) is 19.4 Å². The molecule has 94 valence electrons. The van der Waals surface area contributed by atoms with Gasteiger partial charge in [0.2, 0.25) is 0 Å². The van der Waals surface area contributed by atoms with Crippen molar-refractivity contribution in [3.05, 3.63) is 54.3 Å². The monoisotopic (exact) mass is 241 g/mol. The molecule has 2 nitrogen and oxygen atoms in total. The van der Waals surface area contributed by atoms with E-state index in [2.05, 4.69) is 56.2 Å². The van der Waals surface area contributed by atoms with E-state index in [1.165, 1.54) is 5.69 Å². The summed E-state index contributed by atoms with van der Waals surface area (Å²) in [6.07, 6.45) is 3.82. The van der Waals surface area contributed by atoms with E-state index in [0.717, 1.165) is 30.0 Å². The van der Waals surface area contributed by atoms with Crippen molar-refractivity contribution in [3.8, 4) is 5.75 Å². The molecule has 0 atom stereocenters. The third-order valence-corrected chi connectivity index (χ3v) is 3.21. The van der Waals surface area contributed by atoms with Gasteiger partial charge in [-0.1, -0.05) is 19.2 Å². The van der Waals surface area contributed by atoms with Crippen molar-refractivity contribution in [2.75, 3.05) is 18.0 Å². The molecule has 0 aliphatic carbocycles. The second-order valence-corrected chi connectivity index (χ2v) is 4.22. The van der Waals surface area contributed by atoms with Crippen LogP contribution in [0.4, 0.5) is 5.69 Å². The molecule has 0 fully saturated rings. The number of hydrogen-bond donors (Lipinski definition) is 0. The highest BCUT2D eigenvalue weighted by molar-refractivity contribution is 5.71. The second-order valence-electron chi connectivity index (χ2n) is 4.22. The summed E-state index contributed by atoms with van der Waals surface area (Å²) in [5, 5.41) is 0. The Kier molecular flexibility index (Phi) is 3.56. The van der Waals surface area contributed by atoms with Gasteiger partial charge in [-0.15, -0.1) is 0 Å². The molecule has 2 rings (SSSR count). The van der Waals surface area contributed by atoms with E-state index in [1.54, 1.807) is 6.08 Å². The summed E-state index contributed by atoms with van der Waals surface area (Å²) in [6, 6.07) is 6.28. The average Bonchev–Trinajstić information content (AvgIpc) is 2.39. The van der Waals surface area contributed by atoms with E-state index in [1.807, 2.05) is 0 Å². The van der Waals surface area contributed by atoms with Crippen molar-refractivity contribution in [1.82, 2.24) is 0 Å². The second kappa shape index (κ2) is 5.13. The Morgan fingerprint density at radius 2 is 2.00 bits per heavy atom. The van der Waals surface area contributed by atoms with Crippen molar-refractivity contribution < 1.29 is 4.74 Å². The SMILES string of the molecule is C=CC1=Cc2ccc(N(CC)CC)cc2OC1=C. The van der Waals surface area contributed by atoms with Gasteiger partial charge in [0.25, 0.3) is 0 Å². The van der Waals surface area contributed by atoms with Gasteiger partial charge in [0.05, 0.1) is 0 Å². The highest BCUT2D eigenvalue weighted by Crippen LogP contribution is 2.34. The Bertz CT molecular complexity index is 510. The Hall–Kier alpha value is -1.96. The first-order valence-electron chi connectivity index (χ1n) is 6.29. The van der Waals surface area contributed by atoms with Crippen LogP contribution in [0.3, 0.4) is 0 Å². The van der Waals surface area contributed by atoms with Gasteiger partial charge in [0.15, 0.2) is 0 Å². The van der Waals surface area contributed by atoms with E-state index in [4.69, 9.17) is 4.74 Å². The summed E-state index contributed by atoms with van der Waals surface area (Å²) < 4.78 is 5.75. The fourth-order valence-corrected chi connectivity index (χ4v) is 2.13. The van der Waals surface area contributed by atoms with Crippen molar-refractivity contribution in [1.29, 1.82) is 0 Å². The molecule has 1 aromatic carbocycles. The number of hydrogen-bond acceptors (Lipinski definition) is 2. The molecule has 0 saturated heterocycles. The largest absolute Gasteiger partial charge is 0.457 e. The Labute approximate surface area is 109 Å². The topological polar surface area (TPSA) is 12.5 Å². The highest BCUT2D eigenvalue weighted by atomic mass is 16.5. The maximum absolute atomic E-state index is 5.75. The van der Waals surface area contributed by atoms with E-state index in [9.17, 15) is 0 Å². The van der Waals surface area contributed by atoms with Crippen LogP contribution in [0.25, 0.3) is 6.08 Å². The quantitative estimate of drug-likeness (QED) is 0.789. The molecule has 0 aromatic heterocycles. The minimum atomic E-state index is 0.661. The molecule has 0 bridgehead atoms. The van der Waals surface area contributed by atoms with Gasteiger partial charge < -0.3 is 9.64 Å². The van der Waals surface area contributed by atoms with E-state index in [0.29, 0.717) is 5.76 Å². The molecule has 0 radical (unpaired) electrons. The lowest BCUT2D eigenvalue weighted by atomic mass is 10.0. The predicted molar refractivity (Wildman–Crippen MR) is 77.9 cm³/mol. The molecule has 2 heteroatoms. The van der Waals surface area contributed by atoms with Crippen LogP contribution >= 0.6 is 0 Å². The molecule has 0 unspecified atom stereocenters. The average molecular weight is 241 g/mol. The third kappa shape index (κ3) is 2.19. The van der Waals surface area contributed by atoms with Crippen LogP contribution in [0.5, 0.6) is 5.75 Å². The van der Waals surface area contributed by atoms with Crippen LogP contribution in [0.2, 0.25) is 0 Å². The van der Waals surface area contributed by atoms with Crippen molar-refractivity contribution >= 4 is 11.8 Å². The zero-order valence-electron chi connectivity index (χ0n) is 11.1. The summed E-state index contributed by atoms with van der Waals surface area (Å²) in [5.41, 5.74) is 3.20. The van der Waals surface area contributed by atoms with Crippen LogP contribution in [0, 0.1) is 0 Å². The lowest BCUT2D eigenvalue weighted by molar-refractivity contribution is 0.436.